The topological polar surface area (TPSA) is 54.6 Å². The van der Waals surface area contributed by atoms with E-state index in [0.29, 0.717) is 20.5 Å². The highest BCUT2D eigenvalue weighted by Crippen LogP contribution is 2.37. The van der Waals surface area contributed by atoms with E-state index in [1.54, 1.807) is 30.5 Å². The Morgan fingerprint density at radius 1 is 1.21 bits per heavy atom. The lowest BCUT2D eigenvalue weighted by atomic mass is 10.0. The minimum Gasteiger partial charge on any atom is -0.493 e. The van der Waals surface area contributed by atoms with E-state index >= 15 is 0 Å². The van der Waals surface area contributed by atoms with Crippen molar-refractivity contribution in [1.82, 2.24) is 4.57 Å². The maximum absolute atomic E-state index is 12.5. The fraction of sp³-hybridized carbons (Fsp3) is 0.143. The number of aromatic hydroxyl groups is 1. The van der Waals surface area contributed by atoms with Gasteiger partial charge < -0.3 is 5.11 Å². The lowest BCUT2D eigenvalue weighted by molar-refractivity contribution is 0.420. The zero-order valence-electron chi connectivity index (χ0n) is 14.9. The fourth-order valence-corrected chi connectivity index (χ4v) is 4.49. The van der Waals surface area contributed by atoms with Crippen LogP contribution in [0.1, 0.15) is 28.5 Å². The first kappa shape index (κ1) is 19.0. The second-order valence-corrected chi connectivity index (χ2v) is 8.24. The second kappa shape index (κ2) is 7.59. The van der Waals surface area contributed by atoms with Gasteiger partial charge in [0.1, 0.15) is 0 Å². The molecule has 1 N–H and O–H groups in total. The summed E-state index contributed by atoms with van der Waals surface area (Å²) in [4.78, 5) is 17.2. The molecule has 142 valence electrons. The number of para-hydroxylation sites is 1. The predicted molar refractivity (Wildman–Crippen MR) is 118 cm³/mol. The van der Waals surface area contributed by atoms with Gasteiger partial charge in [0.05, 0.1) is 17.1 Å². The number of benzene rings is 2. The molecule has 0 saturated heterocycles. The van der Waals surface area contributed by atoms with Gasteiger partial charge in [0.15, 0.2) is 0 Å². The van der Waals surface area contributed by atoms with Gasteiger partial charge in [-0.25, -0.2) is 0 Å². The number of hydrogen-bond donors (Lipinski definition) is 1. The molecular formula is C21H16Cl2N2O2S. The van der Waals surface area contributed by atoms with Gasteiger partial charge in [-0.1, -0.05) is 65.7 Å². The van der Waals surface area contributed by atoms with Crippen LogP contribution in [0.15, 0.2) is 46.2 Å². The Labute approximate surface area is 176 Å². The number of hydrogen-bond acceptors (Lipinski definition) is 4. The lowest BCUT2D eigenvalue weighted by Gasteiger charge is -2.07. The van der Waals surface area contributed by atoms with Gasteiger partial charge in [0.2, 0.25) is 5.88 Å². The third-order valence-electron chi connectivity index (χ3n) is 4.67. The van der Waals surface area contributed by atoms with Crippen molar-refractivity contribution >= 4 is 58.1 Å². The monoisotopic (exact) mass is 430 g/mol. The smallest absolute Gasteiger partial charge is 0.310 e. The number of halogens is 2. The van der Waals surface area contributed by atoms with E-state index in [1.165, 1.54) is 10.1 Å². The number of fused-ring (bicyclic) bond motifs is 1. The van der Waals surface area contributed by atoms with E-state index in [9.17, 15) is 9.90 Å². The molecular weight excluding hydrogens is 415 g/mol. The van der Waals surface area contributed by atoms with Crippen LogP contribution in [0.4, 0.5) is 5.69 Å². The molecule has 7 heteroatoms. The molecule has 0 unspecified atom stereocenters. The molecule has 4 nitrogen and oxygen atoms in total. The molecule has 28 heavy (non-hydrogen) atoms. The molecule has 0 amide bonds. The Kier molecular flexibility index (Phi) is 5.15. The highest BCUT2D eigenvalue weighted by atomic mass is 35.5. The average Bonchev–Trinajstić information content (AvgIpc) is 3.20. The van der Waals surface area contributed by atoms with E-state index in [1.807, 2.05) is 12.1 Å². The fourth-order valence-electron chi connectivity index (χ4n) is 3.19. The Balaban J connectivity index is 1.71. The van der Waals surface area contributed by atoms with Crippen molar-refractivity contribution in [3.63, 3.8) is 0 Å². The predicted octanol–water partition coefficient (Wildman–Crippen LogP) is 5.79. The van der Waals surface area contributed by atoms with Crippen molar-refractivity contribution in [3.05, 3.63) is 77.7 Å². The summed E-state index contributed by atoms with van der Waals surface area (Å²) in [5, 5.41) is 11.6. The molecule has 0 fully saturated rings. The Bertz CT molecular complexity index is 1190. The summed E-state index contributed by atoms with van der Waals surface area (Å²) in [5.41, 5.74) is 4.71. The van der Waals surface area contributed by atoms with E-state index in [-0.39, 0.29) is 17.3 Å². The summed E-state index contributed by atoms with van der Waals surface area (Å²) >= 11 is 13.1. The molecule has 0 saturated carbocycles. The van der Waals surface area contributed by atoms with Gasteiger partial charge in [-0.3, -0.25) is 14.4 Å². The summed E-state index contributed by atoms with van der Waals surface area (Å²) in [7, 11) is 0. The van der Waals surface area contributed by atoms with Gasteiger partial charge in [-0.15, -0.1) is 0 Å². The van der Waals surface area contributed by atoms with Crippen LogP contribution in [-0.2, 0) is 13.0 Å². The van der Waals surface area contributed by atoms with Crippen molar-refractivity contribution in [2.45, 2.75) is 19.9 Å². The second-order valence-electron chi connectivity index (χ2n) is 6.40. The third kappa shape index (κ3) is 3.41. The van der Waals surface area contributed by atoms with Crippen molar-refractivity contribution in [2.24, 2.45) is 4.99 Å². The summed E-state index contributed by atoms with van der Waals surface area (Å²) in [5.74, 6) is -0.0815. The Morgan fingerprint density at radius 3 is 2.79 bits per heavy atom. The van der Waals surface area contributed by atoms with Crippen molar-refractivity contribution in [1.29, 1.82) is 0 Å². The largest absolute Gasteiger partial charge is 0.493 e. The molecule has 0 bridgehead atoms. The zero-order valence-corrected chi connectivity index (χ0v) is 17.3. The summed E-state index contributed by atoms with van der Waals surface area (Å²) in [6.07, 6.45) is 4.47. The number of allylic oxidation sites excluding steroid dienone is 1. The van der Waals surface area contributed by atoms with Gasteiger partial charge >= 0.3 is 4.87 Å². The molecule has 2 aromatic carbocycles. The van der Waals surface area contributed by atoms with E-state index in [4.69, 9.17) is 23.2 Å². The van der Waals surface area contributed by atoms with Crippen LogP contribution >= 0.6 is 34.5 Å². The molecule has 0 atom stereocenters. The Morgan fingerprint density at radius 2 is 2.04 bits per heavy atom. The number of rotatable bonds is 4. The summed E-state index contributed by atoms with van der Waals surface area (Å²) in [6, 6.07) is 11.1. The average molecular weight is 431 g/mol. The van der Waals surface area contributed by atoms with E-state index < -0.39 is 0 Å². The van der Waals surface area contributed by atoms with Crippen LogP contribution in [0.3, 0.4) is 0 Å². The normalized spacial score (nSPS) is 14.0. The van der Waals surface area contributed by atoms with Crippen molar-refractivity contribution in [3.8, 4) is 5.88 Å². The van der Waals surface area contributed by atoms with Gasteiger partial charge in [-0.2, -0.15) is 0 Å². The minimum atomic E-state index is -0.257. The maximum Gasteiger partial charge on any atom is 0.310 e. The van der Waals surface area contributed by atoms with Crippen molar-refractivity contribution < 1.29 is 5.11 Å². The van der Waals surface area contributed by atoms with Crippen LogP contribution in [0.25, 0.3) is 11.6 Å². The van der Waals surface area contributed by atoms with Gasteiger partial charge in [-0.05, 0) is 35.8 Å². The molecule has 3 aromatic rings. The quantitative estimate of drug-likeness (QED) is 0.569. The lowest BCUT2D eigenvalue weighted by Crippen LogP contribution is -2.13. The maximum atomic E-state index is 12.5. The molecule has 1 aliphatic heterocycles. The first-order valence-corrected chi connectivity index (χ1v) is 10.3. The SMILES string of the molecule is CCc1cccc2c1N=C/C2=C\c1sc(=O)n(Cc2ccc(Cl)cc2Cl)c1O. The van der Waals surface area contributed by atoms with E-state index in [0.717, 1.165) is 34.6 Å². The number of aliphatic imine (C=N–C) groups is 1. The van der Waals surface area contributed by atoms with Crippen LogP contribution in [0, 0.1) is 0 Å². The molecule has 4 rings (SSSR count). The van der Waals surface area contributed by atoms with Crippen LogP contribution in [-0.4, -0.2) is 15.9 Å². The molecule has 1 aromatic heterocycles. The van der Waals surface area contributed by atoms with Crippen LogP contribution in [0.5, 0.6) is 5.88 Å². The molecule has 1 aliphatic rings. The third-order valence-corrected chi connectivity index (χ3v) is 6.17. The number of aryl methyl sites for hydroxylation is 1. The van der Waals surface area contributed by atoms with Crippen LogP contribution in [0.2, 0.25) is 10.0 Å². The molecule has 0 aliphatic carbocycles. The zero-order chi connectivity index (χ0) is 19.8. The highest BCUT2D eigenvalue weighted by Gasteiger charge is 2.18. The minimum absolute atomic E-state index is 0.0815. The molecule has 2 heterocycles. The number of thiazole rings is 1. The number of aromatic nitrogens is 1. The van der Waals surface area contributed by atoms with Gasteiger partial charge in [0, 0.05) is 27.4 Å². The Hall–Kier alpha value is -2.34. The number of nitrogens with zero attached hydrogens (tertiary/aromatic N) is 2. The van der Waals surface area contributed by atoms with E-state index in [2.05, 4.69) is 18.0 Å². The van der Waals surface area contributed by atoms with Gasteiger partial charge in [0.25, 0.3) is 0 Å². The van der Waals surface area contributed by atoms with Crippen LogP contribution < -0.4 is 4.87 Å². The summed E-state index contributed by atoms with van der Waals surface area (Å²) in [6.45, 7) is 2.26. The highest BCUT2D eigenvalue weighted by molar-refractivity contribution is 7.10. The first-order chi connectivity index (χ1) is 13.5. The molecule has 0 spiro atoms. The van der Waals surface area contributed by atoms with Crippen molar-refractivity contribution in [2.75, 3.05) is 0 Å². The molecule has 0 radical (unpaired) electrons. The standard InChI is InChI=1S/C21H16Cl2N2O2S/c1-2-12-4-3-5-16-14(10-24-19(12)16)8-18-20(26)25(21(27)28-18)11-13-6-7-15(22)9-17(13)23/h3-10,26H,2,11H2,1H3/b14-8+. The first-order valence-electron chi connectivity index (χ1n) is 8.72. The summed E-state index contributed by atoms with van der Waals surface area (Å²) < 4.78 is 1.31.